The third-order valence-electron chi connectivity index (χ3n) is 17.2. The minimum atomic E-state index is -0.664. The first kappa shape index (κ1) is 78.3. The van der Waals surface area contributed by atoms with E-state index < -0.39 is 12.1 Å². The van der Waals surface area contributed by atoms with Crippen LogP contribution in [0.3, 0.4) is 0 Å². The molecule has 0 saturated heterocycles. The lowest BCUT2D eigenvalue weighted by Gasteiger charge is -2.22. The Morgan fingerprint density at radius 1 is 0.338 bits per heavy atom. The molecule has 6 heteroatoms. The second-order valence-corrected chi connectivity index (χ2v) is 25.3. The highest BCUT2D eigenvalue weighted by Gasteiger charge is 2.20. The molecule has 1 amide bonds. The fourth-order valence-electron chi connectivity index (χ4n) is 11.6. The number of hydrogen-bond donors (Lipinski definition) is 3. The van der Waals surface area contributed by atoms with Gasteiger partial charge in [0.15, 0.2) is 0 Å². The van der Waals surface area contributed by atoms with Crippen molar-refractivity contribution in [2.45, 2.75) is 424 Å². The Morgan fingerprint density at radius 2 is 0.588 bits per heavy atom. The SMILES string of the molecule is CCCCCCCC/C=C\CCCCCCCC(=O)OCCCCCCCCCCCCCC/C=C\CCCCCCCCCCCCCCCC(=O)NC(CO)C(O)CCCCCCCCCCCCCCCCCCCCC. The van der Waals surface area contributed by atoms with Gasteiger partial charge in [0.1, 0.15) is 0 Å². The second-order valence-electron chi connectivity index (χ2n) is 25.3. The van der Waals surface area contributed by atoms with E-state index in [1.54, 1.807) is 0 Å². The van der Waals surface area contributed by atoms with Gasteiger partial charge >= 0.3 is 5.97 Å². The van der Waals surface area contributed by atoms with Crippen LogP contribution in [0.5, 0.6) is 0 Å². The number of aliphatic hydroxyl groups excluding tert-OH is 2. The number of carbonyl (C=O) groups excluding carboxylic acids is 2. The molecular formula is C74H143NO5. The van der Waals surface area contributed by atoms with E-state index in [9.17, 15) is 19.8 Å². The molecule has 0 radical (unpaired) electrons. The van der Waals surface area contributed by atoms with E-state index in [4.69, 9.17) is 4.74 Å². The highest BCUT2D eigenvalue weighted by atomic mass is 16.5. The maximum Gasteiger partial charge on any atom is 0.305 e. The smallest absolute Gasteiger partial charge is 0.305 e. The van der Waals surface area contributed by atoms with Gasteiger partial charge in [-0.2, -0.15) is 0 Å². The van der Waals surface area contributed by atoms with Gasteiger partial charge in [0.05, 0.1) is 25.4 Å². The summed E-state index contributed by atoms with van der Waals surface area (Å²) in [7, 11) is 0. The second kappa shape index (κ2) is 69.8. The Kier molecular flexibility index (Phi) is 68.4. The van der Waals surface area contributed by atoms with Gasteiger partial charge in [0.2, 0.25) is 5.91 Å². The molecule has 0 bridgehead atoms. The minimum Gasteiger partial charge on any atom is -0.466 e. The lowest BCUT2D eigenvalue weighted by molar-refractivity contribution is -0.143. The zero-order valence-electron chi connectivity index (χ0n) is 54.3. The van der Waals surface area contributed by atoms with Crippen LogP contribution in [-0.2, 0) is 14.3 Å². The molecule has 474 valence electrons. The molecule has 0 aromatic carbocycles. The van der Waals surface area contributed by atoms with Crippen molar-refractivity contribution in [2.75, 3.05) is 13.2 Å². The van der Waals surface area contributed by atoms with Crippen LogP contribution in [-0.4, -0.2) is 47.4 Å². The molecule has 0 heterocycles. The predicted octanol–water partition coefficient (Wildman–Crippen LogP) is 23.7. The summed E-state index contributed by atoms with van der Waals surface area (Å²) in [6.07, 6.45) is 88.1. The zero-order chi connectivity index (χ0) is 57.8. The summed E-state index contributed by atoms with van der Waals surface area (Å²) < 4.78 is 5.49. The third-order valence-corrected chi connectivity index (χ3v) is 17.2. The summed E-state index contributed by atoms with van der Waals surface area (Å²) in [6.45, 7) is 4.98. The predicted molar refractivity (Wildman–Crippen MR) is 352 cm³/mol. The first-order valence-corrected chi connectivity index (χ1v) is 36.6. The van der Waals surface area contributed by atoms with E-state index in [1.807, 2.05) is 0 Å². The minimum absolute atomic E-state index is 0.00937. The zero-order valence-corrected chi connectivity index (χ0v) is 54.3. The number of nitrogens with one attached hydrogen (secondary N) is 1. The number of carbonyl (C=O) groups is 2. The standard InChI is InChI=1S/C74H143NO5/c1-3-5-7-9-11-13-15-17-19-20-32-35-39-42-46-50-54-58-62-66-72(77)71(70-76)75-73(78)67-63-59-55-51-47-43-40-36-33-30-28-26-24-22-21-23-25-27-29-31-34-37-41-45-49-53-57-61-65-69-80-74(79)68-64-60-56-52-48-44-38-18-16-14-12-10-8-6-4-2/h18,21,23,38,71-72,76-77H,3-17,19-20,22,24-37,39-70H2,1-2H3,(H,75,78)/b23-21-,38-18-. The quantitative estimate of drug-likeness (QED) is 0.0320. The van der Waals surface area contributed by atoms with E-state index in [2.05, 4.69) is 43.5 Å². The van der Waals surface area contributed by atoms with Crippen molar-refractivity contribution in [1.29, 1.82) is 0 Å². The van der Waals surface area contributed by atoms with Gasteiger partial charge in [-0.05, 0) is 77.0 Å². The fourth-order valence-corrected chi connectivity index (χ4v) is 11.6. The lowest BCUT2D eigenvalue weighted by atomic mass is 10.0. The molecule has 3 N–H and O–H groups in total. The summed E-state index contributed by atoms with van der Waals surface area (Å²) in [5, 5.41) is 23.4. The monoisotopic (exact) mass is 1130 g/mol. The molecule has 0 aliphatic rings. The molecule has 0 rings (SSSR count). The van der Waals surface area contributed by atoms with Crippen LogP contribution in [0.1, 0.15) is 412 Å². The van der Waals surface area contributed by atoms with Crippen LogP contribution in [0.2, 0.25) is 0 Å². The van der Waals surface area contributed by atoms with Crippen molar-refractivity contribution in [3.63, 3.8) is 0 Å². The van der Waals surface area contributed by atoms with E-state index in [1.165, 1.54) is 334 Å². The van der Waals surface area contributed by atoms with Crippen molar-refractivity contribution in [3.8, 4) is 0 Å². The number of unbranched alkanes of at least 4 members (excludes halogenated alkanes) is 54. The average molecular weight is 1130 g/mol. The number of esters is 1. The topological polar surface area (TPSA) is 95.9 Å². The molecule has 0 aliphatic carbocycles. The van der Waals surface area contributed by atoms with Gasteiger partial charge in [-0.1, -0.05) is 346 Å². The highest BCUT2D eigenvalue weighted by Crippen LogP contribution is 2.19. The molecule has 0 aliphatic heterocycles. The number of allylic oxidation sites excluding steroid dienone is 4. The van der Waals surface area contributed by atoms with Crippen LogP contribution in [0, 0.1) is 0 Å². The van der Waals surface area contributed by atoms with E-state index >= 15 is 0 Å². The van der Waals surface area contributed by atoms with Crippen LogP contribution < -0.4 is 5.32 Å². The molecular weight excluding hydrogens is 983 g/mol. The molecule has 0 aromatic rings. The fraction of sp³-hybridized carbons (Fsp3) is 0.919. The third kappa shape index (κ3) is 65.5. The number of aliphatic hydroxyl groups is 2. The van der Waals surface area contributed by atoms with Gasteiger partial charge in [0, 0.05) is 12.8 Å². The average Bonchev–Trinajstić information content (AvgIpc) is 3.46. The van der Waals surface area contributed by atoms with Crippen LogP contribution in [0.25, 0.3) is 0 Å². The van der Waals surface area contributed by atoms with Crippen molar-refractivity contribution < 1.29 is 24.5 Å². The van der Waals surface area contributed by atoms with Crippen molar-refractivity contribution in [2.24, 2.45) is 0 Å². The van der Waals surface area contributed by atoms with Crippen molar-refractivity contribution in [1.82, 2.24) is 5.32 Å². The van der Waals surface area contributed by atoms with Gasteiger partial charge in [-0.25, -0.2) is 0 Å². The van der Waals surface area contributed by atoms with Gasteiger partial charge in [-0.3, -0.25) is 9.59 Å². The molecule has 6 nitrogen and oxygen atoms in total. The highest BCUT2D eigenvalue weighted by molar-refractivity contribution is 5.76. The Morgan fingerprint density at radius 3 is 0.887 bits per heavy atom. The van der Waals surface area contributed by atoms with Crippen LogP contribution >= 0.6 is 0 Å². The van der Waals surface area contributed by atoms with Crippen LogP contribution in [0.4, 0.5) is 0 Å². The molecule has 80 heavy (non-hydrogen) atoms. The van der Waals surface area contributed by atoms with Crippen molar-refractivity contribution >= 4 is 11.9 Å². The molecule has 2 atom stereocenters. The maximum atomic E-state index is 12.5. The number of rotatable bonds is 69. The summed E-state index contributed by atoms with van der Waals surface area (Å²) in [5.74, 6) is -0.0206. The summed E-state index contributed by atoms with van der Waals surface area (Å²) in [6, 6.07) is -0.541. The summed E-state index contributed by atoms with van der Waals surface area (Å²) >= 11 is 0. The molecule has 2 unspecified atom stereocenters. The lowest BCUT2D eigenvalue weighted by Crippen LogP contribution is -2.45. The molecule has 0 fully saturated rings. The Hall–Kier alpha value is -1.66. The van der Waals surface area contributed by atoms with Crippen LogP contribution in [0.15, 0.2) is 24.3 Å². The first-order valence-electron chi connectivity index (χ1n) is 36.6. The first-order chi connectivity index (χ1) is 39.5. The number of ether oxygens (including phenoxy) is 1. The maximum absolute atomic E-state index is 12.5. The molecule has 0 aromatic heterocycles. The molecule has 0 spiro atoms. The Bertz CT molecular complexity index is 1250. The Balaban J connectivity index is 3.37. The van der Waals surface area contributed by atoms with Gasteiger partial charge < -0.3 is 20.3 Å². The summed E-state index contributed by atoms with van der Waals surface area (Å²) in [5.41, 5.74) is 0. The molecule has 0 saturated carbocycles. The largest absolute Gasteiger partial charge is 0.466 e. The summed E-state index contributed by atoms with van der Waals surface area (Å²) in [4.78, 5) is 24.6. The van der Waals surface area contributed by atoms with E-state index in [0.717, 1.165) is 44.9 Å². The Labute approximate surface area is 501 Å². The van der Waals surface area contributed by atoms with E-state index in [-0.39, 0.29) is 18.5 Å². The number of hydrogen-bond acceptors (Lipinski definition) is 5. The van der Waals surface area contributed by atoms with Gasteiger partial charge in [0.25, 0.3) is 0 Å². The van der Waals surface area contributed by atoms with Gasteiger partial charge in [-0.15, -0.1) is 0 Å². The number of amides is 1. The normalized spacial score (nSPS) is 12.6. The van der Waals surface area contributed by atoms with Crippen molar-refractivity contribution in [3.05, 3.63) is 24.3 Å². The van der Waals surface area contributed by atoms with E-state index in [0.29, 0.717) is 25.9 Å².